The van der Waals surface area contributed by atoms with Crippen molar-refractivity contribution < 1.29 is 0 Å². The van der Waals surface area contributed by atoms with Gasteiger partial charge in [0, 0.05) is 29.2 Å². The molecule has 0 spiro atoms. The number of aromatic nitrogens is 1. The Labute approximate surface area is 107 Å². The zero-order valence-electron chi connectivity index (χ0n) is 10.3. The molecule has 0 aliphatic heterocycles. The van der Waals surface area contributed by atoms with Crippen LogP contribution in [0.2, 0.25) is 0 Å². The minimum atomic E-state index is 0.391. The van der Waals surface area contributed by atoms with Crippen LogP contribution < -0.4 is 5.32 Å². The van der Waals surface area contributed by atoms with Gasteiger partial charge in [-0.25, -0.2) is 0 Å². The van der Waals surface area contributed by atoms with E-state index in [0.717, 1.165) is 6.54 Å². The molecule has 2 unspecified atom stereocenters. The molecule has 0 aliphatic carbocycles. The van der Waals surface area contributed by atoms with Crippen molar-refractivity contribution in [3.63, 3.8) is 0 Å². The molecule has 90 valence electrons. The van der Waals surface area contributed by atoms with E-state index in [-0.39, 0.29) is 0 Å². The summed E-state index contributed by atoms with van der Waals surface area (Å²) < 4.78 is 0. The Hall–Kier alpha value is -1.19. The Bertz CT molecular complexity index is 425. The summed E-state index contributed by atoms with van der Waals surface area (Å²) in [6.07, 6.45) is 3.73. The van der Waals surface area contributed by atoms with Crippen molar-refractivity contribution in [1.82, 2.24) is 10.3 Å². The summed E-state index contributed by atoms with van der Waals surface area (Å²) in [6, 6.07) is 8.91. The number of likely N-dealkylation sites (N-methyl/N-ethyl adjacent to an activating group) is 1. The fourth-order valence-electron chi connectivity index (χ4n) is 2.07. The number of pyridine rings is 1. The van der Waals surface area contributed by atoms with Crippen LogP contribution in [0.4, 0.5) is 0 Å². The summed E-state index contributed by atoms with van der Waals surface area (Å²) in [4.78, 5) is 5.48. The first-order valence-corrected chi connectivity index (χ1v) is 6.87. The molecule has 0 bridgehead atoms. The minimum absolute atomic E-state index is 0.391. The van der Waals surface area contributed by atoms with Gasteiger partial charge in [-0.2, -0.15) is 0 Å². The van der Waals surface area contributed by atoms with E-state index in [4.69, 9.17) is 0 Å². The van der Waals surface area contributed by atoms with E-state index < -0.39 is 0 Å². The van der Waals surface area contributed by atoms with Crippen molar-refractivity contribution >= 4 is 11.3 Å². The third-order valence-electron chi connectivity index (χ3n) is 3.01. The van der Waals surface area contributed by atoms with Crippen LogP contribution in [-0.2, 0) is 0 Å². The summed E-state index contributed by atoms with van der Waals surface area (Å²) in [7, 11) is 0. The Morgan fingerprint density at radius 3 is 2.65 bits per heavy atom. The van der Waals surface area contributed by atoms with E-state index in [2.05, 4.69) is 53.8 Å². The predicted octanol–water partition coefficient (Wildman–Crippen LogP) is 3.60. The van der Waals surface area contributed by atoms with Gasteiger partial charge in [0.15, 0.2) is 0 Å². The lowest BCUT2D eigenvalue weighted by Gasteiger charge is -2.24. The van der Waals surface area contributed by atoms with Crippen molar-refractivity contribution in [1.29, 1.82) is 0 Å². The van der Waals surface area contributed by atoms with Crippen molar-refractivity contribution in [2.24, 2.45) is 0 Å². The van der Waals surface area contributed by atoms with Crippen LogP contribution in [0.25, 0.3) is 0 Å². The van der Waals surface area contributed by atoms with Crippen molar-refractivity contribution in [2.75, 3.05) is 6.54 Å². The summed E-state index contributed by atoms with van der Waals surface area (Å²) in [5.41, 5.74) is 1.33. The normalized spacial score (nSPS) is 14.5. The maximum Gasteiger partial charge on any atom is 0.0481 e. The molecule has 3 heteroatoms. The molecule has 0 saturated heterocycles. The van der Waals surface area contributed by atoms with Gasteiger partial charge in [0.1, 0.15) is 0 Å². The summed E-state index contributed by atoms with van der Waals surface area (Å²) in [6.45, 7) is 5.40. The Morgan fingerprint density at radius 1 is 1.29 bits per heavy atom. The zero-order valence-corrected chi connectivity index (χ0v) is 11.1. The van der Waals surface area contributed by atoms with Gasteiger partial charge < -0.3 is 5.32 Å². The number of thiophene rings is 1. The molecule has 0 aromatic carbocycles. The highest BCUT2D eigenvalue weighted by atomic mass is 32.1. The molecule has 2 nitrogen and oxygen atoms in total. The highest BCUT2D eigenvalue weighted by Gasteiger charge is 2.20. The molecule has 2 heterocycles. The van der Waals surface area contributed by atoms with Gasteiger partial charge in [-0.05, 0) is 35.7 Å². The van der Waals surface area contributed by atoms with E-state index >= 15 is 0 Å². The monoisotopic (exact) mass is 246 g/mol. The lowest BCUT2D eigenvalue weighted by Crippen LogP contribution is -2.24. The van der Waals surface area contributed by atoms with Crippen molar-refractivity contribution in [3.8, 4) is 0 Å². The molecule has 2 rings (SSSR count). The number of hydrogen-bond acceptors (Lipinski definition) is 3. The van der Waals surface area contributed by atoms with Gasteiger partial charge in [0.25, 0.3) is 0 Å². The highest BCUT2D eigenvalue weighted by Crippen LogP contribution is 2.32. The van der Waals surface area contributed by atoms with Gasteiger partial charge in [-0.3, -0.25) is 4.98 Å². The Balaban J connectivity index is 2.22. The van der Waals surface area contributed by atoms with Crippen LogP contribution in [0.3, 0.4) is 0 Å². The molecule has 1 N–H and O–H groups in total. The van der Waals surface area contributed by atoms with E-state index in [1.807, 2.05) is 23.7 Å². The number of nitrogens with one attached hydrogen (secondary N) is 1. The molecule has 0 amide bonds. The minimum Gasteiger partial charge on any atom is -0.309 e. The molecule has 2 aromatic rings. The predicted molar refractivity (Wildman–Crippen MR) is 73.4 cm³/mol. The third-order valence-corrected chi connectivity index (χ3v) is 3.96. The average molecular weight is 246 g/mol. The fraction of sp³-hybridized carbons (Fsp3) is 0.357. The van der Waals surface area contributed by atoms with Crippen molar-refractivity contribution in [3.05, 3.63) is 52.5 Å². The standard InChI is InChI=1S/C14H18N2S/c1-3-16-14(13-5-4-10-17-13)11(2)12-6-8-15-9-7-12/h4-11,14,16H,3H2,1-2H3. The second-order valence-corrected chi connectivity index (χ2v) is 5.10. The number of nitrogens with zero attached hydrogens (tertiary/aromatic N) is 1. The van der Waals surface area contributed by atoms with E-state index in [1.54, 1.807) is 0 Å². The van der Waals surface area contributed by atoms with Crippen LogP contribution in [0.5, 0.6) is 0 Å². The molecule has 0 aliphatic rings. The lowest BCUT2D eigenvalue weighted by atomic mass is 9.93. The van der Waals surface area contributed by atoms with Gasteiger partial charge in [0.05, 0.1) is 0 Å². The Morgan fingerprint density at radius 2 is 2.06 bits per heavy atom. The quantitative estimate of drug-likeness (QED) is 0.872. The smallest absolute Gasteiger partial charge is 0.0481 e. The first-order valence-electron chi connectivity index (χ1n) is 5.99. The summed E-state index contributed by atoms with van der Waals surface area (Å²) in [5, 5.41) is 5.71. The second-order valence-electron chi connectivity index (χ2n) is 4.12. The number of rotatable bonds is 5. The molecule has 0 radical (unpaired) electrons. The summed E-state index contributed by atoms with van der Waals surface area (Å²) in [5.74, 6) is 0.455. The third kappa shape index (κ3) is 2.93. The first kappa shape index (κ1) is 12.3. The van der Waals surface area contributed by atoms with Crippen LogP contribution >= 0.6 is 11.3 Å². The average Bonchev–Trinajstić information content (AvgIpc) is 2.90. The van der Waals surface area contributed by atoms with Crippen LogP contribution in [0, 0.1) is 0 Å². The molecule has 0 fully saturated rings. The zero-order chi connectivity index (χ0) is 12.1. The SMILES string of the molecule is CCNC(c1cccs1)C(C)c1ccncc1. The van der Waals surface area contributed by atoms with Gasteiger partial charge in [-0.1, -0.05) is 19.9 Å². The maximum absolute atomic E-state index is 4.08. The van der Waals surface area contributed by atoms with E-state index in [1.165, 1.54) is 10.4 Å². The molecule has 2 aromatic heterocycles. The maximum atomic E-state index is 4.08. The van der Waals surface area contributed by atoms with E-state index in [9.17, 15) is 0 Å². The largest absolute Gasteiger partial charge is 0.309 e. The molecule has 17 heavy (non-hydrogen) atoms. The lowest BCUT2D eigenvalue weighted by molar-refractivity contribution is 0.486. The second kappa shape index (κ2) is 5.94. The fourth-order valence-corrected chi connectivity index (χ4v) is 2.98. The molecular weight excluding hydrogens is 228 g/mol. The first-order chi connectivity index (χ1) is 8.33. The van der Waals surface area contributed by atoms with Gasteiger partial charge in [-0.15, -0.1) is 11.3 Å². The van der Waals surface area contributed by atoms with Gasteiger partial charge >= 0.3 is 0 Å². The molecule has 2 atom stereocenters. The van der Waals surface area contributed by atoms with Crippen LogP contribution in [0.1, 0.15) is 36.2 Å². The number of hydrogen-bond donors (Lipinski definition) is 1. The summed E-state index contributed by atoms with van der Waals surface area (Å²) >= 11 is 1.82. The van der Waals surface area contributed by atoms with Crippen LogP contribution in [-0.4, -0.2) is 11.5 Å². The van der Waals surface area contributed by atoms with Crippen LogP contribution in [0.15, 0.2) is 42.0 Å². The molecule has 0 saturated carbocycles. The van der Waals surface area contributed by atoms with E-state index in [0.29, 0.717) is 12.0 Å². The highest BCUT2D eigenvalue weighted by molar-refractivity contribution is 7.10. The van der Waals surface area contributed by atoms with Gasteiger partial charge in [0.2, 0.25) is 0 Å². The molecular formula is C14H18N2S. The van der Waals surface area contributed by atoms with Crippen molar-refractivity contribution in [2.45, 2.75) is 25.8 Å². The Kier molecular flexibility index (Phi) is 4.29. The topological polar surface area (TPSA) is 24.9 Å².